The highest BCUT2D eigenvalue weighted by molar-refractivity contribution is 7.89. The fourth-order valence-corrected chi connectivity index (χ4v) is 5.67. The summed E-state index contributed by atoms with van der Waals surface area (Å²) in [6, 6.07) is 7.36. The Labute approximate surface area is 175 Å². The summed E-state index contributed by atoms with van der Waals surface area (Å²) < 4.78 is 27.9. The molecule has 0 aromatic heterocycles. The zero-order valence-corrected chi connectivity index (χ0v) is 18.6. The number of likely N-dealkylation sites (tertiary alicyclic amines) is 1. The Morgan fingerprint density at radius 1 is 1.07 bits per heavy atom. The molecule has 1 aromatic carbocycles. The summed E-state index contributed by atoms with van der Waals surface area (Å²) in [7, 11) is 0.0780. The number of benzene rings is 1. The molecule has 2 fully saturated rings. The van der Waals surface area contributed by atoms with Gasteiger partial charge in [-0.05, 0) is 62.3 Å². The number of nitrogens with zero attached hydrogens (tertiary/aromatic N) is 2. The lowest BCUT2D eigenvalue weighted by Crippen LogP contribution is -2.43. The van der Waals surface area contributed by atoms with E-state index in [-0.39, 0.29) is 11.9 Å². The standard InChI is InChI=1S/C22H35N3O3S/c1-24(2)22(26)21-10-6-16-25(21)17-7-15-23-29(27,28)20-13-11-19(12-14-20)18-8-4-3-5-9-18/h11-14,18,21,23H,3-10,15-17H2,1-2H3. The van der Waals surface area contributed by atoms with Gasteiger partial charge < -0.3 is 4.90 Å². The largest absolute Gasteiger partial charge is 0.347 e. The Hall–Kier alpha value is -1.44. The molecule has 0 radical (unpaired) electrons. The van der Waals surface area contributed by atoms with Gasteiger partial charge in [0.25, 0.3) is 0 Å². The zero-order valence-electron chi connectivity index (χ0n) is 17.8. The minimum atomic E-state index is -3.49. The average molecular weight is 422 g/mol. The maximum atomic E-state index is 12.6. The van der Waals surface area contributed by atoms with Crippen LogP contribution in [0, 0.1) is 0 Å². The molecule has 1 atom stereocenters. The first-order chi connectivity index (χ1) is 13.9. The molecule has 3 rings (SSSR count). The molecular weight excluding hydrogens is 386 g/mol. The van der Waals surface area contributed by atoms with Crippen LogP contribution in [0.4, 0.5) is 0 Å². The van der Waals surface area contributed by atoms with E-state index in [4.69, 9.17) is 0 Å². The fraction of sp³-hybridized carbons (Fsp3) is 0.682. The van der Waals surface area contributed by atoms with Crippen LogP contribution >= 0.6 is 0 Å². The molecule has 1 saturated heterocycles. The first kappa shape index (κ1) is 22.2. The van der Waals surface area contributed by atoms with E-state index in [0.29, 0.717) is 23.8 Å². The summed E-state index contributed by atoms with van der Waals surface area (Å²) in [5.74, 6) is 0.716. The van der Waals surface area contributed by atoms with Crippen LogP contribution in [-0.2, 0) is 14.8 Å². The van der Waals surface area contributed by atoms with Crippen LogP contribution in [0.2, 0.25) is 0 Å². The number of hydrogen-bond acceptors (Lipinski definition) is 4. The van der Waals surface area contributed by atoms with Crippen LogP contribution in [0.3, 0.4) is 0 Å². The van der Waals surface area contributed by atoms with Gasteiger partial charge in [0.05, 0.1) is 10.9 Å². The van der Waals surface area contributed by atoms with Gasteiger partial charge in [-0.1, -0.05) is 31.4 Å². The van der Waals surface area contributed by atoms with Gasteiger partial charge in [0.15, 0.2) is 0 Å². The minimum absolute atomic E-state index is 0.0612. The average Bonchev–Trinajstić information content (AvgIpc) is 3.20. The molecule has 2 aliphatic rings. The Morgan fingerprint density at radius 3 is 2.41 bits per heavy atom. The number of carbonyl (C=O) groups excluding carboxylic acids is 1. The van der Waals surface area contributed by atoms with Gasteiger partial charge in [-0.15, -0.1) is 0 Å². The molecule has 162 valence electrons. The van der Waals surface area contributed by atoms with E-state index in [0.717, 1.165) is 25.9 Å². The van der Waals surface area contributed by atoms with Crippen LogP contribution in [-0.4, -0.2) is 63.9 Å². The van der Waals surface area contributed by atoms with E-state index in [9.17, 15) is 13.2 Å². The lowest BCUT2D eigenvalue weighted by atomic mass is 9.84. The maximum Gasteiger partial charge on any atom is 0.240 e. The third-order valence-corrected chi connectivity index (χ3v) is 7.75. The summed E-state index contributed by atoms with van der Waals surface area (Å²) in [5.41, 5.74) is 1.26. The summed E-state index contributed by atoms with van der Waals surface area (Å²) >= 11 is 0. The van der Waals surface area contributed by atoms with Crippen molar-refractivity contribution in [3.63, 3.8) is 0 Å². The third-order valence-electron chi connectivity index (χ3n) is 6.27. The van der Waals surface area contributed by atoms with Crippen molar-refractivity contribution >= 4 is 15.9 Å². The summed E-state index contributed by atoms with van der Waals surface area (Å²) in [5, 5.41) is 0. The van der Waals surface area contributed by atoms with E-state index < -0.39 is 10.0 Å². The van der Waals surface area contributed by atoms with Gasteiger partial charge in [-0.2, -0.15) is 0 Å². The third kappa shape index (κ3) is 5.80. The predicted octanol–water partition coefficient (Wildman–Crippen LogP) is 2.96. The van der Waals surface area contributed by atoms with E-state index in [2.05, 4.69) is 9.62 Å². The Morgan fingerprint density at radius 2 is 1.76 bits per heavy atom. The van der Waals surface area contributed by atoms with Crippen molar-refractivity contribution < 1.29 is 13.2 Å². The quantitative estimate of drug-likeness (QED) is 0.655. The normalized spacial score (nSPS) is 21.4. The van der Waals surface area contributed by atoms with Gasteiger partial charge in [0, 0.05) is 27.2 Å². The zero-order chi connectivity index (χ0) is 20.9. The van der Waals surface area contributed by atoms with Crippen LogP contribution in [0.1, 0.15) is 62.8 Å². The molecule has 1 aliphatic carbocycles. The second kappa shape index (κ2) is 10.0. The van der Waals surface area contributed by atoms with Crippen molar-refractivity contribution in [3.05, 3.63) is 29.8 Å². The summed E-state index contributed by atoms with van der Waals surface area (Å²) in [4.78, 5) is 16.4. The lowest BCUT2D eigenvalue weighted by Gasteiger charge is -2.26. The second-order valence-electron chi connectivity index (χ2n) is 8.58. The molecule has 1 heterocycles. The van der Waals surface area contributed by atoms with Crippen molar-refractivity contribution in [2.24, 2.45) is 0 Å². The maximum absolute atomic E-state index is 12.6. The Balaban J connectivity index is 1.48. The van der Waals surface area contributed by atoms with Crippen LogP contribution in [0.25, 0.3) is 0 Å². The highest BCUT2D eigenvalue weighted by Gasteiger charge is 2.31. The van der Waals surface area contributed by atoms with Crippen LogP contribution in [0.15, 0.2) is 29.2 Å². The van der Waals surface area contributed by atoms with Gasteiger partial charge >= 0.3 is 0 Å². The number of likely N-dealkylation sites (N-methyl/N-ethyl adjacent to an activating group) is 1. The predicted molar refractivity (Wildman–Crippen MR) is 115 cm³/mol. The molecule has 6 nitrogen and oxygen atoms in total. The van der Waals surface area contributed by atoms with Gasteiger partial charge in [-0.25, -0.2) is 13.1 Å². The SMILES string of the molecule is CN(C)C(=O)C1CCCN1CCCNS(=O)(=O)c1ccc(C2CCCCC2)cc1. The molecule has 1 saturated carbocycles. The Kier molecular flexibility index (Phi) is 7.71. The number of amides is 1. The molecule has 1 N–H and O–H groups in total. The summed E-state index contributed by atoms with van der Waals surface area (Å²) in [6.45, 7) is 2.01. The molecular formula is C22H35N3O3S. The van der Waals surface area contributed by atoms with Crippen molar-refractivity contribution in [3.8, 4) is 0 Å². The molecule has 29 heavy (non-hydrogen) atoms. The molecule has 7 heteroatoms. The van der Waals surface area contributed by atoms with E-state index >= 15 is 0 Å². The smallest absolute Gasteiger partial charge is 0.240 e. The number of sulfonamides is 1. The number of rotatable bonds is 8. The van der Waals surface area contributed by atoms with E-state index in [1.807, 2.05) is 12.1 Å². The topological polar surface area (TPSA) is 69.7 Å². The van der Waals surface area contributed by atoms with E-state index in [1.54, 1.807) is 31.1 Å². The van der Waals surface area contributed by atoms with Gasteiger partial charge in [-0.3, -0.25) is 9.69 Å². The molecule has 1 amide bonds. The van der Waals surface area contributed by atoms with Crippen molar-refractivity contribution in [2.75, 3.05) is 33.7 Å². The van der Waals surface area contributed by atoms with Gasteiger partial charge in [0.2, 0.25) is 15.9 Å². The monoisotopic (exact) mass is 421 g/mol. The summed E-state index contributed by atoms with van der Waals surface area (Å²) in [6.07, 6.45) is 8.86. The van der Waals surface area contributed by atoms with Crippen molar-refractivity contribution in [1.82, 2.24) is 14.5 Å². The highest BCUT2D eigenvalue weighted by atomic mass is 32.2. The minimum Gasteiger partial charge on any atom is -0.347 e. The second-order valence-corrected chi connectivity index (χ2v) is 10.3. The van der Waals surface area contributed by atoms with Gasteiger partial charge in [0.1, 0.15) is 0 Å². The Bertz CT molecular complexity index is 771. The first-order valence-electron chi connectivity index (χ1n) is 10.9. The lowest BCUT2D eigenvalue weighted by molar-refractivity contribution is -0.133. The van der Waals surface area contributed by atoms with Crippen LogP contribution in [0.5, 0.6) is 0 Å². The number of nitrogens with one attached hydrogen (secondary N) is 1. The highest BCUT2D eigenvalue weighted by Crippen LogP contribution is 2.32. The van der Waals surface area contributed by atoms with E-state index in [1.165, 1.54) is 37.7 Å². The molecule has 1 aliphatic heterocycles. The van der Waals surface area contributed by atoms with Crippen LogP contribution < -0.4 is 4.72 Å². The molecule has 1 aromatic rings. The number of hydrogen-bond donors (Lipinski definition) is 1. The molecule has 1 unspecified atom stereocenters. The van der Waals surface area contributed by atoms with Crippen molar-refractivity contribution in [2.45, 2.75) is 68.2 Å². The fourth-order valence-electron chi connectivity index (χ4n) is 4.60. The van der Waals surface area contributed by atoms with Crippen molar-refractivity contribution in [1.29, 1.82) is 0 Å². The number of carbonyl (C=O) groups is 1. The molecule has 0 bridgehead atoms. The first-order valence-corrected chi connectivity index (χ1v) is 12.4. The molecule has 0 spiro atoms.